The molecule has 0 aliphatic carbocycles. The van der Waals surface area contributed by atoms with E-state index in [9.17, 15) is 0 Å². The van der Waals surface area contributed by atoms with E-state index in [2.05, 4.69) is 42.4 Å². The first-order valence-electron chi connectivity index (χ1n) is 4.40. The van der Waals surface area contributed by atoms with Crippen molar-refractivity contribution in [2.45, 2.75) is 6.42 Å². The molecule has 0 aliphatic rings. The van der Waals surface area contributed by atoms with E-state index in [1.54, 1.807) is 0 Å². The number of aliphatic hydroxyl groups is 1. The van der Waals surface area contributed by atoms with Crippen LogP contribution >= 0.6 is 0 Å². The van der Waals surface area contributed by atoms with Gasteiger partial charge in [0.25, 0.3) is 0 Å². The Morgan fingerprint density at radius 2 is 1.64 bits per heavy atom. The molecular formula is C12H19NO. The molecule has 1 aromatic carbocycles. The fourth-order valence-electron chi connectivity index (χ4n) is 0.914. The highest BCUT2D eigenvalue weighted by molar-refractivity contribution is 5.14. The zero-order valence-corrected chi connectivity index (χ0v) is 8.90. The third-order valence-electron chi connectivity index (χ3n) is 1.51. The first-order chi connectivity index (χ1) is 6.93. The fraction of sp³-hybridized carbons (Fsp3) is 0.333. The van der Waals surface area contributed by atoms with Crippen molar-refractivity contribution in [2.24, 2.45) is 0 Å². The normalized spacial score (nSPS) is 7.50. The lowest BCUT2D eigenvalue weighted by Gasteiger charge is -1.97. The molecule has 0 bridgehead atoms. The average molecular weight is 193 g/mol. The van der Waals surface area contributed by atoms with Crippen LogP contribution in [-0.2, 0) is 6.42 Å². The van der Waals surface area contributed by atoms with Crippen molar-refractivity contribution in [2.75, 3.05) is 20.7 Å². The van der Waals surface area contributed by atoms with E-state index in [1.165, 1.54) is 5.56 Å². The summed E-state index contributed by atoms with van der Waals surface area (Å²) in [5.41, 5.74) is 1.40. The Bertz CT molecular complexity index is 206. The Hall–Kier alpha value is -1.30. The topological polar surface area (TPSA) is 32.3 Å². The minimum absolute atomic E-state index is 1.00. The molecule has 0 atom stereocenters. The van der Waals surface area contributed by atoms with Gasteiger partial charge < -0.3 is 10.4 Å². The summed E-state index contributed by atoms with van der Waals surface area (Å²) in [6, 6.07) is 10.5. The van der Waals surface area contributed by atoms with E-state index < -0.39 is 0 Å². The Labute approximate surface area is 87.0 Å². The van der Waals surface area contributed by atoms with Crippen LogP contribution in [0.15, 0.2) is 30.3 Å². The second-order valence-electron chi connectivity index (χ2n) is 2.34. The van der Waals surface area contributed by atoms with E-state index >= 15 is 0 Å². The van der Waals surface area contributed by atoms with Crippen LogP contribution in [0.2, 0.25) is 0 Å². The maximum absolute atomic E-state index is 7.00. The van der Waals surface area contributed by atoms with Crippen LogP contribution in [0, 0.1) is 12.8 Å². The second-order valence-corrected chi connectivity index (χ2v) is 2.34. The van der Waals surface area contributed by atoms with Gasteiger partial charge in [-0.3, -0.25) is 0 Å². The maximum atomic E-state index is 7.00. The molecule has 0 saturated heterocycles. The average Bonchev–Trinajstić information content (AvgIpc) is 2.33. The monoisotopic (exact) mass is 193 g/mol. The quantitative estimate of drug-likeness (QED) is 0.709. The van der Waals surface area contributed by atoms with Gasteiger partial charge in [0.2, 0.25) is 0 Å². The molecule has 0 aliphatic heterocycles. The van der Waals surface area contributed by atoms with Crippen LogP contribution in [0.3, 0.4) is 0 Å². The summed E-state index contributed by atoms with van der Waals surface area (Å²) < 4.78 is 0. The van der Waals surface area contributed by atoms with Gasteiger partial charge in [0.05, 0.1) is 0 Å². The molecule has 2 N–H and O–H groups in total. The molecular weight excluding hydrogens is 174 g/mol. The molecule has 0 unspecified atom stereocenters. The highest BCUT2D eigenvalue weighted by Gasteiger charge is 1.86. The number of likely N-dealkylation sites (N-methyl/N-ethyl adjacent to an activating group) is 1. The minimum atomic E-state index is 1.00. The highest BCUT2D eigenvalue weighted by Crippen LogP contribution is 1.97. The van der Waals surface area contributed by atoms with Gasteiger partial charge in [-0.05, 0) is 25.6 Å². The Kier molecular flexibility index (Phi) is 15.4. The zero-order chi connectivity index (χ0) is 11.2. The number of hydrogen-bond acceptors (Lipinski definition) is 2. The third-order valence-corrected chi connectivity index (χ3v) is 1.51. The maximum Gasteiger partial charge on any atom is 0.0319 e. The molecule has 1 rings (SSSR count). The van der Waals surface area contributed by atoms with Gasteiger partial charge in [-0.25, -0.2) is 0 Å². The van der Waals surface area contributed by atoms with Crippen molar-refractivity contribution in [1.82, 2.24) is 5.32 Å². The van der Waals surface area contributed by atoms with E-state index in [4.69, 9.17) is 5.11 Å². The third kappa shape index (κ3) is 8.79. The lowest BCUT2D eigenvalue weighted by Crippen LogP contribution is -2.09. The second kappa shape index (κ2) is 14.2. The van der Waals surface area contributed by atoms with Crippen molar-refractivity contribution < 1.29 is 5.11 Å². The predicted molar refractivity (Wildman–Crippen MR) is 62.1 cm³/mol. The van der Waals surface area contributed by atoms with E-state index in [1.807, 2.05) is 13.1 Å². The van der Waals surface area contributed by atoms with Crippen molar-refractivity contribution in [3.05, 3.63) is 35.9 Å². The van der Waals surface area contributed by atoms with Crippen LogP contribution in [0.1, 0.15) is 5.56 Å². The lowest BCUT2D eigenvalue weighted by molar-refractivity contribution is 0.399. The number of benzene rings is 1. The first-order valence-corrected chi connectivity index (χ1v) is 4.40. The van der Waals surface area contributed by atoms with Crippen molar-refractivity contribution in [3.63, 3.8) is 0 Å². The molecule has 0 aromatic heterocycles. The molecule has 0 amide bonds. The van der Waals surface area contributed by atoms with Gasteiger partial charge in [0, 0.05) is 7.11 Å². The molecule has 78 valence electrons. The van der Waals surface area contributed by atoms with E-state index in [0.29, 0.717) is 0 Å². The number of aliphatic hydroxyl groups excluding tert-OH is 1. The van der Waals surface area contributed by atoms with Crippen molar-refractivity contribution in [1.29, 1.82) is 0 Å². The summed E-state index contributed by atoms with van der Waals surface area (Å²) >= 11 is 0. The smallest absolute Gasteiger partial charge is 0.0319 e. The van der Waals surface area contributed by atoms with Gasteiger partial charge in [-0.2, -0.15) is 0 Å². The molecule has 1 aromatic rings. The summed E-state index contributed by atoms with van der Waals surface area (Å²) in [6.07, 6.45) is 9.12. The summed E-state index contributed by atoms with van der Waals surface area (Å²) in [4.78, 5) is 0. The van der Waals surface area contributed by atoms with Crippen LogP contribution in [0.4, 0.5) is 0 Å². The summed E-state index contributed by atoms with van der Waals surface area (Å²) in [5, 5.41) is 10.1. The zero-order valence-electron chi connectivity index (χ0n) is 8.90. The van der Waals surface area contributed by atoms with Gasteiger partial charge in [0.15, 0.2) is 0 Å². The molecule has 2 nitrogen and oxygen atoms in total. The Morgan fingerprint density at radius 3 is 2.07 bits per heavy atom. The van der Waals surface area contributed by atoms with Gasteiger partial charge in [-0.1, -0.05) is 30.3 Å². The van der Waals surface area contributed by atoms with Crippen LogP contribution in [-0.4, -0.2) is 25.8 Å². The van der Waals surface area contributed by atoms with Crippen molar-refractivity contribution >= 4 is 0 Å². The standard InChI is InChI=1S/C9H13N.C2H2.CH4O/c1-10-8-7-9-5-3-2-4-6-9;2*1-2/h2-6,10H,7-8H2,1H3;1-2H;2H,1H3. The van der Waals surface area contributed by atoms with Gasteiger partial charge in [0.1, 0.15) is 0 Å². The summed E-state index contributed by atoms with van der Waals surface area (Å²) in [5.74, 6) is 0. The molecule has 2 heteroatoms. The number of nitrogens with one attached hydrogen (secondary N) is 1. The molecule has 0 saturated carbocycles. The summed E-state index contributed by atoms with van der Waals surface area (Å²) in [6.45, 7) is 1.06. The minimum Gasteiger partial charge on any atom is -0.400 e. The van der Waals surface area contributed by atoms with Gasteiger partial charge >= 0.3 is 0 Å². The summed E-state index contributed by atoms with van der Waals surface area (Å²) in [7, 11) is 2.98. The largest absolute Gasteiger partial charge is 0.400 e. The van der Waals surface area contributed by atoms with Crippen LogP contribution < -0.4 is 5.32 Å². The van der Waals surface area contributed by atoms with Crippen molar-refractivity contribution in [3.8, 4) is 12.8 Å². The SMILES string of the molecule is C#C.CNCCc1ccccc1.CO. The fourth-order valence-corrected chi connectivity index (χ4v) is 0.914. The molecule has 0 fully saturated rings. The number of rotatable bonds is 3. The van der Waals surface area contributed by atoms with E-state index in [0.717, 1.165) is 20.1 Å². The Balaban J connectivity index is 0. The highest BCUT2D eigenvalue weighted by atomic mass is 16.2. The van der Waals surface area contributed by atoms with Gasteiger partial charge in [-0.15, -0.1) is 12.8 Å². The van der Waals surface area contributed by atoms with Crippen LogP contribution in [0.5, 0.6) is 0 Å². The molecule has 0 heterocycles. The van der Waals surface area contributed by atoms with Crippen LogP contribution in [0.25, 0.3) is 0 Å². The first kappa shape index (κ1) is 15.2. The number of terminal acetylenes is 1. The number of hydrogen-bond donors (Lipinski definition) is 2. The molecule has 0 radical (unpaired) electrons. The predicted octanol–water partition coefficient (Wildman–Crippen LogP) is 1.31. The molecule has 0 spiro atoms. The molecule has 14 heavy (non-hydrogen) atoms. The van der Waals surface area contributed by atoms with E-state index in [-0.39, 0.29) is 0 Å². The lowest BCUT2D eigenvalue weighted by atomic mass is 10.2. The Morgan fingerprint density at radius 1 is 1.14 bits per heavy atom.